The van der Waals surface area contributed by atoms with E-state index in [2.05, 4.69) is 5.16 Å². The Balaban J connectivity index is 1.87. The van der Waals surface area contributed by atoms with Gasteiger partial charge in [-0.25, -0.2) is 0 Å². The fraction of sp³-hybridized carbons (Fsp3) is 0.235. The highest BCUT2D eigenvalue weighted by atomic mass is 16.6. The van der Waals surface area contributed by atoms with E-state index in [-0.39, 0.29) is 18.4 Å². The monoisotopic (exact) mass is 314 g/mol. The van der Waals surface area contributed by atoms with Crippen molar-refractivity contribution in [1.29, 1.82) is 0 Å². The zero-order valence-corrected chi connectivity index (χ0v) is 13.0. The average molecular weight is 314 g/mol. The third-order valence-electron chi connectivity index (χ3n) is 2.88. The van der Waals surface area contributed by atoms with E-state index in [4.69, 9.17) is 9.57 Å². The summed E-state index contributed by atoms with van der Waals surface area (Å²) in [5.41, 5.74) is 1.60. The number of rotatable bonds is 7. The molecule has 0 fully saturated rings. The SMILES string of the molecule is CC(C)Oc1ccc(/C=N\OCc2cccc([N+](=O)[O-])c2)cc1. The second kappa shape index (κ2) is 7.93. The summed E-state index contributed by atoms with van der Waals surface area (Å²) < 4.78 is 5.55. The minimum Gasteiger partial charge on any atom is -0.491 e. The molecule has 0 aliphatic rings. The molecule has 0 atom stereocenters. The van der Waals surface area contributed by atoms with Gasteiger partial charge < -0.3 is 9.57 Å². The van der Waals surface area contributed by atoms with E-state index in [1.54, 1.807) is 18.3 Å². The van der Waals surface area contributed by atoms with Gasteiger partial charge >= 0.3 is 0 Å². The molecule has 0 spiro atoms. The number of benzene rings is 2. The molecule has 0 aromatic heterocycles. The Bertz CT molecular complexity index is 681. The molecule has 2 aromatic rings. The van der Waals surface area contributed by atoms with Crippen LogP contribution >= 0.6 is 0 Å². The molecule has 0 aliphatic carbocycles. The summed E-state index contributed by atoms with van der Waals surface area (Å²) in [6, 6.07) is 13.7. The van der Waals surface area contributed by atoms with Crippen LogP contribution in [0.15, 0.2) is 53.7 Å². The van der Waals surface area contributed by atoms with Gasteiger partial charge in [0.15, 0.2) is 0 Å². The van der Waals surface area contributed by atoms with Crippen molar-refractivity contribution >= 4 is 11.9 Å². The van der Waals surface area contributed by atoms with Crippen molar-refractivity contribution in [3.63, 3.8) is 0 Å². The zero-order chi connectivity index (χ0) is 16.7. The first kappa shape index (κ1) is 16.5. The smallest absolute Gasteiger partial charge is 0.269 e. The lowest BCUT2D eigenvalue weighted by Crippen LogP contribution is -2.05. The molecular formula is C17H18N2O4. The minimum absolute atomic E-state index is 0.0378. The van der Waals surface area contributed by atoms with Crippen LogP contribution in [0, 0.1) is 10.1 Å². The second-order valence-electron chi connectivity index (χ2n) is 5.17. The predicted molar refractivity (Wildman–Crippen MR) is 87.7 cm³/mol. The van der Waals surface area contributed by atoms with Gasteiger partial charge in [0, 0.05) is 12.1 Å². The van der Waals surface area contributed by atoms with Crippen molar-refractivity contribution < 1.29 is 14.5 Å². The first-order valence-corrected chi connectivity index (χ1v) is 7.20. The molecule has 0 saturated carbocycles. The van der Waals surface area contributed by atoms with Gasteiger partial charge in [-0.15, -0.1) is 0 Å². The quantitative estimate of drug-likeness (QED) is 0.441. The molecule has 0 saturated heterocycles. The molecule has 6 heteroatoms. The summed E-state index contributed by atoms with van der Waals surface area (Å²) in [6.45, 7) is 4.11. The lowest BCUT2D eigenvalue weighted by Gasteiger charge is -2.09. The van der Waals surface area contributed by atoms with E-state index >= 15 is 0 Å². The van der Waals surface area contributed by atoms with Gasteiger partial charge in [0.05, 0.1) is 17.2 Å². The van der Waals surface area contributed by atoms with E-state index in [0.717, 1.165) is 11.3 Å². The van der Waals surface area contributed by atoms with E-state index in [0.29, 0.717) is 5.56 Å². The van der Waals surface area contributed by atoms with Crippen LogP contribution in [0.5, 0.6) is 5.75 Å². The van der Waals surface area contributed by atoms with Gasteiger partial charge in [0.1, 0.15) is 12.4 Å². The molecule has 6 nitrogen and oxygen atoms in total. The summed E-state index contributed by atoms with van der Waals surface area (Å²) in [7, 11) is 0. The van der Waals surface area contributed by atoms with Crippen molar-refractivity contribution in [3.05, 3.63) is 69.8 Å². The van der Waals surface area contributed by atoms with Gasteiger partial charge in [0.25, 0.3) is 5.69 Å². The summed E-state index contributed by atoms with van der Waals surface area (Å²) in [6.07, 6.45) is 1.71. The lowest BCUT2D eigenvalue weighted by molar-refractivity contribution is -0.384. The Morgan fingerprint density at radius 2 is 1.96 bits per heavy atom. The van der Waals surface area contributed by atoms with Crippen LogP contribution < -0.4 is 4.74 Å². The van der Waals surface area contributed by atoms with Gasteiger partial charge in [-0.3, -0.25) is 10.1 Å². The summed E-state index contributed by atoms with van der Waals surface area (Å²) in [5, 5.41) is 14.6. The maximum absolute atomic E-state index is 10.7. The van der Waals surface area contributed by atoms with Gasteiger partial charge in [0.2, 0.25) is 0 Å². The van der Waals surface area contributed by atoms with Crippen molar-refractivity contribution in [3.8, 4) is 5.75 Å². The van der Waals surface area contributed by atoms with Crippen molar-refractivity contribution in [2.45, 2.75) is 26.6 Å². The number of hydrogen-bond donors (Lipinski definition) is 0. The first-order chi connectivity index (χ1) is 11.0. The van der Waals surface area contributed by atoms with Crippen LogP contribution in [0.2, 0.25) is 0 Å². The topological polar surface area (TPSA) is 74.0 Å². The molecule has 0 bridgehead atoms. The van der Waals surface area contributed by atoms with Crippen LogP contribution in [0.25, 0.3) is 0 Å². The Labute approximate surface area is 134 Å². The third kappa shape index (κ3) is 5.43. The van der Waals surface area contributed by atoms with E-state index < -0.39 is 4.92 Å². The van der Waals surface area contributed by atoms with Crippen LogP contribution in [0.3, 0.4) is 0 Å². The van der Waals surface area contributed by atoms with Gasteiger partial charge in [-0.05, 0) is 49.2 Å². The highest BCUT2D eigenvalue weighted by Crippen LogP contribution is 2.14. The summed E-state index contributed by atoms with van der Waals surface area (Å²) in [5.74, 6) is 0.801. The van der Waals surface area contributed by atoms with Crippen molar-refractivity contribution in [1.82, 2.24) is 0 Å². The molecule has 23 heavy (non-hydrogen) atoms. The standard InChI is InChI=1S/C17H18N2O4/c1-13(2)23-17-8-6-14(7-9-17)11-18-22-12-15-4-3-5-16(10-15)19(20)21/h3-11,13H,12H2,1-2H3/b18-11-. The highest BCUT2D eigenvalue weighted by molar-refractivity contribution is 5.79. The molecule has 2 aromatic carbocycles. The maximum Gasteiger partial charge on any atom is 0.269 e. The average Bonchev–Trinajstić information content (AvgIpc) is 2.53. The van der Waals surface area contributed by atoms with Gasteiger partial charge in [-0.1, -0.05) is 17.3 Å². The Kier molecular flexibility index (Phi) is 5.68. The van der Waals surface area contributed by atoms with E-state index in [1.807, 2.05) is 38.1 Å². The van der Waals surface area contributed by atoms with Crippen LogP contribution in [-0.4, -0.2) is 17.2 Å². The van der Waals surface area contributed by atoms with Crippen LogP contribution in [-0.2, 0) is 11.4 Å². The van der Waals surface area contributed by atoms with Crippen LogP contribution in [0.1, 0.15) is 25.0 Å². The fourth-order valence-electron chi connectivity index (χ4n) is 1.87. The largest absolute Gasteiger partial charge is 0.491 e. The van der Waals surface area contributed by atoms with E-state index in [1.165, 1.54) is 12.1 Å². The molecule has 0 unspecified atom stereocenters. The lowest BCUT2D eigenvalue weighted by atomic mass is 10.2. The van der Waals surface area contributed by atoms with E-state index in [9.17, 15) is 10.1 Å². The fourth-order valence-corrected chi connectivity index (χ4v) is 1.87. The summed E-state index contributed by atoms with van der Waals surface area (Å²) >= 11 is 0. The molecule has 0 N–H and O–H groups in total. The maximum atomic E-state index is 10.7. The molecule has 0 radical (unpaired) electrons. The number of nitro benzene ring substituents is 1. The number of ether oxygens (including phenoxy) is 1. The number of nitrogens with zero attached hydrogens (tertiary/aromatic N) is 2. The Morgan fingerprint density at radius 1 is 1.22 bits per heavy atom. The molecular weight excluding hydrogens is 296 g/mol. The number of hydrogen-bond acceptors (Lipinski definition) is 5. The number of nitro groups is 1. The highest BCUT2D eigenvalue weighted by Gasteiger charge is 2.05. The molecule has 120 valence electrons. The molecule has 0 amide bonds. The third-order valence-corrected chi connectivity index (χ3v) is 2.88. The van der Waals surface area contributed by atoms with Crippen LogP contribution in [0.4, 0.5) is 5.69 Å². The normalized spacial score (nSPS) is 10.9. The zero-order valence-electron chi connectivity index (χ0n) is 13.0. The van der Waals surface area contributed by atoms with Gasteiger partial charge in [-0.2, -0.15) is 0 Å². The molecule has 2 rings (SSSR count). The predicted octanol–water partition coefficient (Wildman–Crippen LogP) is 3.93. The summed E-state index contributed by atoms with van der Waals surface area (Å²) in [4.78, 5) is 15.4. The first-order valence-electron chi connectivity index (χ1n) is 7.20. The minimum atomic E-state index is -0.437. The molecule has 0 aliphatic heterocycles. The second-order valence-corrected chi connectivity index (χ2v) is 5.17. The van der Waals surface area contributed by atoms with Crippen molar-refractivity contribution in [2.24, 2.45) is 5.16 Å². The Morgan fingerprint density at radius 3 is 2.61 bits per heavy atom. The number of oxime groups is 1. The number of non-ortho nitro benzene ring substituents is 1. The molecule has 0 heterocycles. The Hall–Kier alpha value is -2.89. The van der Waals surface area contributed by atoms with Crippen molar-refractivity contribution in [2.75, 3.05) is 0 Å².